The van der Waals surface area contributed by atoms with E-state index in [4.69, 9.17) is 5.11 Å². The monoisotopic (exact) mass is 238 g/mol. The molecule has 0 rings (SSSR count). The molecule has 0 fully saturated rings. The average molecular weight is 238 g/mol. The highest BCUT2D eigenvalue weighted by molar-refractivity contribution is 5.86. The highest BCUT2D eigenvalue weighted by Crippen LogP contribution is 2.09. The van der Waals surface area contributed by atoms with Gasteiger partial charge in [-0.1, -0.05) is 44.4 Å². The molecule has 0 aliphatic rings. The number of carbonyl (C=O) groups is 2. The van der Waals surface area contributed by atoms with Crippen molar-refractivity contribution in [3.05, 3.63) is 0 Å². The van der Waals surface area contributed by atoms with Gasteiger partial charge in [-0.15, -0.1) is 0 Å². The molecular formula is C14H22O3. The van der Waals surface area contributed by atoms with E-state index in [1.807, 2.05) is 0 Å². The zero-order chi connectivity index (χ0) is 12.8. The highest BCUT2D eigenvalue weighted by Gasteiger charge is 1.92. The van der Waals surface area contributed by atoms with Crippen LogP contribution in [0.2, 0.25) is 0 Å². The van der Waals surface area contributed by atoms with E-state index in [-0.39, 0.29) is 0 Å². The summed E-state index contributed by atoms with van der Waals surface area (Å²) in [6.07, 6.45) is 11.5. The third-order valence-corrected chi connectivity index (χ3v) is 2.57. The number of aliphatic carboxylic acids is 1. The number of carboxylic acid groups (broad SMARTS) is 1. The Labute approximate surface area is 104 Å². The van der Waals surface area contributed by atoms with Crippen molar-refractivity contribution in [2.24, 2.45) is 0 Å². The third-order valence-electron chi connectivity index (χ3n) is 2.57. The van der Waals surface area contributed by atoms with Crippen molar-refractivity contribution in [3.8, 4) is 11.8 Å². The lowest BCUT2D eigenvalue weighted by Gasteiger charge is -1.99. The zero-order valence-corrected chi connectivity index (χ0v) is 10.4. The first-order valence-electron chi connectivity index (χ1n) is 6.43. The second-order valence-electron chi connectivity index (χ2n) is 4.14. The Morgan fingerprint density at radius 1 is 0.941 bits per heavy atom. The largest absolute Gasteiger partial charge is 0.472 e. The molecule has 0 aromatic carbocycles. The summed E-state index contributed by atoms with van der Waals surface area (Å²) in [5.41, 5.74) is 0. The van der Waals surface area contributed by atoms with Gasteiger partial charge in [0.1, 0.15) is 6.29 Å². The van der Waals surface area contributed by atoms with Crippen LogP contribution in [0.25, 0.3) is 0 Å². The predicted molar refractivity (Wildman–Crippen MR) is 67.6 cm³/mol. The first kappa shape index (κ1) is 15.7. The second-order valence-corrected chi connectivity index (χ2v) is 4.14. The van der Waals surface area contributed by atoms with Crippen molar-refractivity contribution in [1.29, 1.82) is 0 Å². The van der Waals surface area contributed by atoms with Crippen LogP contribution in [0.4, 0.5) is 0 Å². The van der Waals surface area contributed by atoms with E-state index < -0.39 is 5.97 Å². The Kier molecular flexibility index (Phi) is 11.8. The highest BCUT2D eigenvalue weighted by atomic mass is 16.4. The molecule has 0 saturated carbocycles. The summed E-state index contributed by atoms with van der Waals surface area (Å²) in [5.74, 6) is 3.70. The molecule has 0 aliphatic carbocycles. The van der Waals surface area contributed by atoms with Gasteiger partial charge in [-0.25, -0.2) is 4.79 Å². The maximum atomic E-state index is 10.1. The Bertz CT molecular complexity index is 260. The lowest BCUT2D eigenvalue weighted by molar-refractivity contribution is -0.130. The summed E-state index contributed by atoms with van der Waals surface area (Å²) in [5, 5.41) is 8.28. The quantitative estimate of drug-likeness (QED) is 0.361. The van der Waals surface area contributed by atoms with Crippen molar-refractivity contribution >= 4 is 12.3 Å². The van der Waals surface area contributed by atoms with Crippen LogP contribution < -0.4 is 0 Å². The molecule has 0 aliphatic heterocycles. The number of carbonyl (C=O) groups excluding carboxylic acids is 1. The van der Waals surface area contributed by atoms with Crippen LogP contribution in [0.5, 0.6) is 0 Å². The lowest BCUT2D eigenvalue weighted by atomic mass is 10.1. The molecule has 0 amide bonds. The normalized spacial score (nSPS) is 9.41. The topological polar surface area (TPSA) is 54.4 Å². The summed E-state index contributed by atoms with van der Waals surface area (Å²) in [4.78, 5) is 20.1. The number of hydrogen-bond donors (Lipinski definition) is 1. The van der Waals surface area contributed by atoms with E-state index in [1.54, 1.807) is 0 Å². The van der Waals surface area contributed by atoms with Gasteiger partial charge < -0.3 is 9.90 Å². The molecule has 0 saturated heterocycles. The van der Waals surface area contributed by atoms with Crippen LogP contribution in [-0.2, 0) is 9.59 Å². The van der Waals surface area contributed by atoms with Gasteiger partial charge in [0.05, 0.1) is 0 Å². The van der Waals surface area contributed by atoms with Crippen LogP contribution in [0.3, 0.4) is 0 Å². The fourth-order valence-corrected chi connectivity index (χ4v) is 1.64. The maximum Gasteiger partial charge on any atom is 0.381 e. The first-order chi connectivity index (χ1) is 8.27. The first-order valence-corrected chi connectivity index (χ1v) is 6.43. The predicted octanol–water partition coefficient (Wildman–Crippen LogP) is 3.17. The number of aldehydes is 1. The van der Waals surface area contributed by atoms with Gasteiger partial charge in [0.15, 0.2) is 0 Å². The van der Waals surface area contributed by atoms with Gasteiger partial charge in [0.2, 0.25) is 0 Å². The Balaban J connectivity index is 3.07. The smallest absolute Gasteiger partial charge is 0.381 e. The summed E-state index contributed by atoms with van der Waals surface area (Å²) in [7, 11) is 0. The molecular weight excluding hydrogens is 216 g/mol. The molecule has 0 spiro atoms. The van der Waals surface area contributed by atoms with E-state index in [1.165, 1.54) is 25.7 Å². The van der Waals surface area contributed by atoms with E-state index in [0.29, 0.717) is 12.8 Å². The number of rotatable bonds is 10. The molecule has 3 heteroatoms. The van der Waals surface area contributed by atoms with Crippen molar-refractivity contribution in [2.75, 3.05) is 0 Å². The minimum atomic E-state index is -1.04. The molecule has 17 heavy (non-hydrogen) atoms. The lowest BCUT2D eigenvalue weighted by Crippen LogP contribution is -1.86. The Morgan fingerprint density at radius 2 is 1.47 bits per heavy atom. The van der Waals surface area contributed by atoms with Gasteiger partial charge in [0.25, 0.3) is 0 Å². The van der Waals surface area contributed by atoms with Crippen LogP contribution in [0.1, 0.15) is 64.2 Å². The molecule has 0 aromatic rings. The number of hydrogen-bond acceptors (Lipinski definition) is 2. The van der Waals surface area contributed by atoms with Gasteiger partial charge in [-0.3, -0.25) is 0 Å². The molecule has 0 aromatic heterocycles. The van der Waals surface area contributed by atoms with E-state index in [2.05, 4.69) is 11.8 Å². The molecule has 0 heterocycles. The van der Waals surface area contributed by atoms with Crippen molar-refractivity contribution < 1.29 is 14.7 Å². The van der Waals surface area contributed by atoms with Gasteiger partial charge >= 0.3 is 5.97 Å². The summed E-state index contributed by atoms with van der Waals surface area (Å²) < 4.78 is 0. The van der Waals surface area contributed by atoms with Crippen molar-refractivity contribution in [1.82, 2.24) is 0 Å². The van der Waals surface area contributed by atoms with Crippen LogP contribution >= 0.6 is 0 Å². The molecule has 0 bridgehead atoms. The van der Waals surface area contributed by atoms with E-state index in [0.717, 1.165) is 32.0 Å². The fraction of sp³-hybridized carbons (Fsp3) is 0.714. The minimum Gasteiger partial charge on any atom is -0.472 e. The molecule has 3 nitrogen and oxygen atoms in total. The second kappa shape index (κ2) is 12.8. The van der Waals surface area contributed by atoms with Gasteiger partial charge in [-0.2, -0.15) is 0 Å². The molecule has 1 N–H and O–H groups in total. The van der Waals surface area contributed by atoms with Gasteiger partial charge in [0, 0.05) is 18.8 Å². The van der Waals surface area contributed by atoms with Crippen LogP contribution in [0.15, 0.2) is 0 Å². The SMILES string of the molecule is O=CCCCCCCCCCCC#CC(=O)O. The Hall–Kier alpha value is -1.30. The van der Waals surface area contributed by atoms with Crippen molar-refractivity contribution in [2.45, 2.75) is 64.2 Å². The maximum absolute atomic E-state index is 10.1. The average Bonchev–Trinajstić information content (AvgIpc) is 2.30. The van der Waals surface area contributed by atoms with E-state index >= 15 is 0 Å². The Morgan fingerprint density at radius 3 is 2.00 bits per heavy atom. The van der Waals surface area contributed by atoms with E-state index in [9.17, 15) is 9.59 Å². The van der Waals surface area contributed by atoms with Gasteiger partial charge in [-0.05, 0) is 12.8 Å². The fourth-order valence-electron chi connectivity index (χ4n) is 1.64. The molecule has 0 radical (unpaired) electrons. The van der Waals surface area contributed by atoms with Crippen LogP contribution in [0, 0.1) is 11.8 Å². The summed E-state index contributed by atoms with van der Waals surface area (Å²) >= 11 is 0. The molecule has 0 unspecified atom stereocenters. The summed E-state index contributed by atoms with van der Waals surface area (Å²) in [6, 6.07) is 0. The zero-order valence-electron chi connectivity index (χ0n) is 10.4. The summed E-state index contributed by atoms with van der Waals surface area (Å²) in [6.45, 7) is 0. The minimum absolute atomic E-state index is 0.686. The van der Waals surface area contributed by atoms with Crippen LogP contribution in [-0.4, -0.2) is 17.4 Å². The standard InChI is InChI=1S/C14H22O3/c15-13-11-9-7-5-3-1-2-4-6-8-10-12-14(16)17/h13H,1-9,11H2,(H,16,17). The number of carboxylic acids is 1. The third kappa shape index (κ3) is 14.7. The number of unbranched alkanes of at least 4 members (excludes halogenated alkanes) is 9. The molecule has 96 valence electrons. The van der Waals surface area contributed by atoms with Crippen molar-refractivity contribution in [3.63, 3.8) is 0 Å². The molecule has 0 atom stereocenters.